The van der Waals surface area contributed by atoms with E-state index in [0.717, 1.165) is 49.5 Å². The van der Waals surface area contributed by atoms with Crippen LogP contribution in [0.15, 0.2) is 58.7 Å². The monoisotopic (exact) mass is 514 g/mol. The van der Waals surface area contributed by atoms with Crippen molar-refractivity contribution in [3.8, 4) is 0 Å². The van der Waals surface area contributed by atoms with Crippen LogP contribution in [0.5, 0.6) is 0 Å². The van der Waals surface area contributed by atoms with Crippen LogP contribution >= 0.6 is 24.0 Å². The number of aliphatic imine (C=N–C) groups is 1. The molecule has 1 aliphatic heterocycles. The van der Waals surface area contributed by atoms with E-state index in [1.165, 1.54) is 0 Å². The lowest BCUT2D eigenvalue weighted by molar-refractivity contribution is 0.370. The molecular weight excluding hydrogens is 487 g/mol. The van der Waals surface area contributed by atoms with E-state index in [2.05, 4.69) is 37.0 Å². The van der Waals surface area contributed by atoms with Crippen LogP contribution in [0.2, 0.25) is 0 Å². The SMILES string of the molecule is CCNC(=NCCS(=O)c1ccccc1)N1CCN(c2ncccn2)CC1.I. The molecule has 0 radical (unpaired) electrons. The minimum absolute atomic E-state index is 0. The fraction of sp³-hybridized carbons (Fsp3) is 0.421. The zero-order valence-corrected chi connectivity index (χ0v) is 19.2. The molecule has 9 heteroatoms. The van der Waals surface area contributed by atoms with Gasteiger partial charge in [0.05, 0.1) is 17.3 Å². The number of benzene rings is 1. The maximum Gasteiger partial charge on any atom is 0.225 e. The number of anilines is 1. The smallest absolute Gasteiger partial charge is 0.225 e. The number of hydrogen-bond donors (Lipinski definition) is 1. The predicted octanol–water partition coefficient (Wildman–Crippen LogP) is 1.99. The molecular formula is C19H27IN6OS. The van der Waals surface area contributed by atoms with Gasteiger partial charge in [0, 0.05) is 55.8 Å². The van der Waals surface area contributed by atoms with E-state index in [1.54, 1.807) is 12.4 Å². The fourth-order valence-electron chi connectivity index (χ4n) is 2.92. The van der Waals surface area contributed by atoms with E-state index in [1.807, 2.05) is 36.4 Å². The summed E-state index contributed by atoms with van der Waals surface area (Å²) in [4.78, 5) is 18.6. The van der Waals surface area contributed by atoms with Gasteiger partial charge in [0.15, 0.2) is 5.96 Å². The van der Waals surface area contributed by atoms with Gasteiger partial charge in [-0.05, 0) is 25.1 Å². The number of hydrogen-bond acceptors (Lipinski definition) is 5. The number of aromatic nitrogens is 2. The number of guanidine groups is 1. The zero-order chi connectivity index (χ0) is 18.9. The molecule has 3 rings (SSSR count). The quantitative estimate of drug-likeness (QED) is 0.361. The summed E-state index contributed by atoms with van der Waals surface area (Å²) >= 11 is 0. The van der Waals surface area contributed by atoms with Gasteiger partial charge in [-0.3, -0.25) is 9.20 Å². The largest absolute Gasteiger partial charge is 0.357 e. The Balaban J connectivity index is 0.00000280. The van der Waals surface area contributed by atoms with Crippen molar-refractivity contribution >= 4 is 46.7 Å². The average molecular weight is 514 g/mol. The van der Waals surface area contributed by atoms with Crippen molar-refractivity contribution in [2.45, 2.75) is 11.8 Å². The van der Waals surface area contributed by atoms with Crippen molar-refractivity contribution < 1.29 is 4.21 Å². The second kappa shape index (κ2) is 11.9. The number of rotatable bonds is 6. The molecule has 152 valence electrons. The summed E-state index contributed by atoms with van der Waals surface area (Å²) in [5.74, 6) is 2.19. The van der Waals surface area contributed by atoms with Gasteiger partial charge in [-0.2, -0.15) is 0 Å². The number of piperazine rings is 1. The van der Waals surface area contributed by atoms with Crippen LogP contribution in [0.4, 0.5) is 5.95 Å². The second-order valence-electron chi connectivity index (χ2n) is 6.12. The first kappa shape index (κ1) is 22.5. The summed E-state index contributed by atoms with van der Waals surface area (Å²) in [6.07, 6.45) is 3.54. The van der Waals surface area contributed by atoms with Gasteiger partial charge < -0.3 is 15.1 Å². The highest BCUT2D eigenvalue weighted by Crippen LogP contribution is 2.10. The standard InChI is InChI=1S/C19H26N6OS.HI/c1-2-20-18(23-11-16-27(26)17-7-4-3-5-8-17)24-12-14-25(15-13-24)19-21-9-6-10-22-19;/h3-10H,2,11-16H2,1H3,(H,20,23);1H. The molecule has 1 aromatic carbocycles. The minimum atomic E-state index is -1.02. The lowest BCUT2D eigenvalue weighted by Gasteiger charge is -2.36. The highest BCUT2D eigenvalue weighted by Gasteiger charge is 2.21. The molecule has 0 bridgehead atoms. The molecule has 0 spiro atoms. The van der Waals surface area contributed by atoms with Gasteiger partial charge in [-0.25, -0.2) is 9.97 Å². The summed E-state index contributed by atoms with van der Waals surface area (Å²) in [5.41, 5.74) is 0. The average Bonchev–Trinajstić information content (AvgIpc) is 2.74. The Labute approximate surface area is 186 Å². The highest BCUT2D eigenvalue weighted by molar-refractivity contribution is 14.0. The van der Waals surface area contributed by atoms with Crippen LogP contribution in [0.3, 0.4) is 0 Å². The highest BCUT2D eigenvalue weighted by atomic mass is 127. The third-order valence-electron chi connectivity index (χ3n) is 4.29. The van der Waals surface area contributed by atoms with Crippen molar-refractivity contribution in [3.05, 3.63) is 48.8 Å². The summed E-state index contributed by atoms with van der Waals surface area (Å²) in [5, 5.41) is 3.35. The molecule has 0 saturated carbocycles. The van der Waals surface area contributed by atoms with Crippen molar-refractivity contribution in [2.75, 3.05) is 49.9 Å². The number of nitrogens with zero attached hydrogens (tertiary/aromatic N) is 5. The lowest BCUT2D eigenvalue weighted by atomic mass is 10.3. The third kappa shape index (κ3) is 6.40. The molecule has 1 fully saturated rings. The molecule has 1 aromatic heterocycles. The van der Waals surface area contributed by atoms with E-state index >= 15 is 0 Å². The predicted molar refractivity (Wildman–Crippen MR) is 125 cm³/mol. The molecule has 1 atom stereocenters. The second-order valence-corrected chi connectivity index (χ2v) is 7.69. The maximum absolute atomic E-state index is 12.3. The summed E-state index contributed by atoms with van der Waals surface area (Å²) in [6.45, 7) is 6.81. The first-order valence-electron chi connectivity index (χ1n) is 9.26. The van der Waals surface area contributed by atoms with Crippen LogP contribution < -0.4 is 10.2 Å². The Bertz CT molecular complexity index is 754. The summed E-state index contributed by atoms with van der Waals surface area (Å²) in [6, 6.07) is 11.4. The Morgan fingerprint density at radius 2 is 1.79 bits per heavy atom. The fourth-order valence-corrected chi connectivity index (χ4v) is 3.88. The number of halogens is 1. The van der Waals surface area contributed by atoms with Crippen LogP contribution in [-0.4, -0.2) is 70.1 Å². The Hall–Kier alpha value is -1.75. The van der Waals surface area contributed by atoms with Gasteiger partial charge in [-0.1, -0.05) is 18.2 Å². The zero-order valence-electron chi connectivity index (χ0n) is 16.0. The van der Waals surface area contributed by atoms with E-state index in [9.17, 15) is 4.21 Å². The van der Waals surface area contributed by atoms with E-state index in [4.69, 9.17) is 0 Å². The molecule has 28 heavy (non-hydrogen) atoms. The first-order valence-corrected chi connectivity index (χ1v) is 10.6. The normalized spacial score (nSPS) is 15.7. The van der Waals surface area contributed by atoms with Crippen molar-refractivity contribution in [2.24, 2.45) is 4.99 Å². The maximum atomic E-state index is 12.3. The first-order chi connectivity index (χ1) is 13.3. The lowest BCUT2D eigenvalue weighted by Crippen LogP contribution is -2.53. The van der Waals surface area contributed by atoms with Gasteiger partial charge in [0.2, 0.25) is 5.95 Å². The number of nitrogens with one attached hydrogen (secondary N) is 1. The Morgan fingerprint density at radius 3 is 2.43 bits per heavy atom. The van der Waals surface area contributed by atoms with Gasteiger partial charge in [0.25, 0.3) is 0 Å². The van der Waals surface area contributed by atoms with Gasteiger partial charge in [0.1, 0.15) is 0 Å². The Morgan fingerprint density at radius 1 is 1.11 bits per heavy atom. The molecule has 0 aliphatic carbocycles. The van der Waals surface area contributed by atoms with Crippen LogP contribution in [0, 0.1) is 0 Å². The molecule has 1 unspecified atom stereocenters. The van der Waals surface area contributed by atoms with Gasteiger partial charge >= 0.3 is 0 Å². The molecule has 2 heterocycles. The molecule has 0 amide bonds. The molecule has 7 nitrogen and oxygen atoms in total. The van der Waals surface area contributed by atoms with Crippen LogP contribution in [-0.2, 0) is 10.8 Å². The van der Waals surface area contributed by atoms with E-state index < -0.39 is 10.8 Å². The molecule has 1 aliphatic rings. The summed E-state index contributed by atoms with van der Waals surface area (Å²) in [7, 11) is -1.02. The van der Waals surface area contributed by atoms with Crippen molar-refractivity contribution in [1.29, 1.82) is 0 Å². The molecule has 1 saturated heterocycles. The van der Waals surface area contributed by atoms with Crippen molar-refractivity contribution in [3.63, 3.8) is 0 Å². The van der Waals surface area contributed by atoms with E-state index in [-0.39, 0.29) is 24.0 Å². The van der Waals surface area contributed by atoms with Crippen LogP contribution in [0.25, 0.3) is 0 Å². The molecule has 1 N–H and O–H groups in total. The van der Waals surface area contributed by atoms with Crippen LogP contribution in [0.1, 0.15) is 6.92 Å². The third-order valence-corrected chi connectivity index (χ3v) is 5.64. The van der Waals surface area contributed by atoms with Gasteiger partial charge in [-0.15, -0.1) is 24.0 Å². The van der Waals surface area contributed by atoms with E-state index in [0.29, 0.717) is 12.3 Å². The minimum Gasteiger partial charge on any atom is -0.357 e. The summed E-state index contributed by atoms with van der Waals surface area (Å²) < 4.78 is 12.3. The Kier molecular flexibility index (Phi) is 9.62. The topological polar surface area (TPSA) is 73.7 Å². The molecule has 2 aromatic rings. The van der Waals surface area contributed by atoms with Crippen molar-refractivity contribution in [1.82, 2.24) is 20.2 Å².